The van der Waals surface area contributed by atoms with Gasteiger partial charge in [0, 0.05) is 18.0 Å². The first-order valence-corrected chi connectivity index (χ1v) is 12.5. The number of para-hydroxylation sites is 3. The van der Waals surface area contributed by atoms with Gasteiger partial charge < -0.3 is 19.9 Å². The number of hydrogen-bond donors (Lipinski definition) is 1. The molecule has 7 nitrogen and oxygen atoms in total. The van der Waals surface area contributed by atoms with E-state index in [1.54, 1.807) is 29.2 Å². The third-order valence-corrected chi connectivity index (χ3v) is 6.82. The summed E-state index contributed by atoms with van der Waals surface area (Å²) in [6, 6.07) is 15.9. The summed E-state index contributed by atoms with van der Waals surface area (Å²) in [5.74, 6) is 0.0500. The summed E-state index contributed by atoms with van der Waals surface area (Å²) in [5, 5.41) is 2.80. The van der Waals surface area contributed by atoms with Crippen molar-refractivity contribution in [1.82, 2.24) is 5.32 Å². The number of nitrogens with one attached hydrogen (secondary N) is 1. The predicted octanol–water partition coefficient (Wildman–Crippen LogP) is 4.94. The van der Waals surface area contributed by atoms with Crippen molar-refractivity contribution in [1.29, 1.82) is 0 Å². The van der Waals surface area contributed by atoms with Gasteiger partial charge in [-0.2, -0.15) is 0 Å². The van der Waals surface area contributed by atoms with Gasteiger partial charge in [0.2, 0.25) is 0 Å². The lowest BCUT2D eigenvalue weighted by Crippen LogP contribution is -2.55. The second-order valence-corrected chi connectivity index (χ2v) is 10.4. The molecular weight excluding hydrogens is 442 g/mol. The van der Waals surface area contributed by atoms with Gasteiger partial charge in [0.15, 0.2) is 5.78 Å². The molecule has 1 N–H and O–H groups in total. The van der Waals surface area contributed by atoms with E-state index in [1.165, 1.54) is 6.42 Å². The molecule has 1 aliphatic carbocycles. The largest absolute Gasteiger partial charge is 0.413 e. The fourth-order valence-corrected chi connectivity index (χ4v) is 4.77. The SMILES string of the molecule is CC(C)(C)C(=O)CN1C(=O)[C@H](NC(=O)Oc2ccccc2)CN(C2CCCCC2)c2ccccc21. The van der Waals surface area contributed by atoms with Crippen LogP contribution < -0.4 is 19.9 Å². The summed E-state index contributed by atoms with van der Waals surface area (Å²) in [4.78, 5) is 43.5. The minimum absolute atomic E-state index is 0.0441. The van der Waals surface area contributed by atoms with Crippen molar-refractivity contribution >= 4 is 29.2 Å². The van der Waals surface area contributed by atoms with Crippen molar-refractivity contribution in [2.24, 2.45) is 5.41 Å². The number of ketones is 1. The van der Waals surface area contributed by atoms with Crippen LogP contribution in [0.2, 0.25) is 0 Å². The molecule has 0 unspecified atom stereocenters. The second-order valence-electron chi connectivity index (χ2n) is 10.4. The van der Waals surface area contributed by atoms with Crippen LogP contribution in [0, 0.1) is 5.41 Å². The van der Waals surface area contributed by atoms with E-state index in [-0.39, 0.29) is 24.3 Å². The van der Waals surface area contributed by atoms with Crippen molar-refractivity contribution < 1.29 is 19.1 Å². The third-order valence-electron chi connectivity index (χ3n) is 6.82. The Labute approximate surface area is 207 Å². The Morgan fingerprint density at radius 3 is 2.23 bits per heavy atom. The molecule has 2 aromatic carbocycles. The van der Waals surface area contributed by atoms with Gasteiger partial charge in [0.05, 0.1) is 17.9 Å². The number of hydrogen-bond acceptors (Lipinski definition) is 5. The monoisotopic (exact) mass is 477 g/mol. The number of ether oxygens (including phenoxy) is 1. The van der Waals surface area contributed by atoms with E-state index in [9.17, 15) is 14.4 Å². The van der Waals surface area contributed by atoms with Gasteiger partial charge in [-0.05, 0) is 37.1 Å². The highest BCUT2D eigenvalue weighted by Gasteiger charge is 2.39. The van der Waals surface area contributed by atoms with Gasteiger partial charge in [-0.25, -0.2) is 4.79 Å². The highest BCUT2D eigenvalue weighted by Crippen LogP contribution is 2.37. The molecule has 0 radical (unpaired) electrons. The van der Waals surface area contributed by atoms with E-state index in [0.29, 0.717) is 18.0 Å². The molecule has 4 rings (SSSR count). The molecule has 1 atom stereocenters. The Bertz CT molecular complexity index is 1060. The zero-order valence-electron chi connectivity index (χ0n) is 20.8. The summed E-state index contributed by atoms with van der Waals surface area (Å²) in [6.07, 6.45) is 4.86. The molecule has 2 aromatic rings. The van der Waals surface area contributed by atoms with Crippen LogP contribution in [0.1, 0.15) is 52.9 Å². The van der Waals surface area contributed by atoms with Gasteiger partial charge in [-0.15, -0.1) is 0 Å². The lowest BCUT2D eigenvalue weighted by molar-refractivity contribution is -0.127. The van der Waals surface area contributed by atoms with E-state index in [1.807, 2.05) is 51.1 Å². The first kappa shape index (κ1) is 24.8. The van der Waals surface area contributed by atoms with E-state index in [2.05, 4.69) is 10.2 Å². The smallest absolute Gasteiger partial charge is 0.410 e. The van der Waals surface area contributed by atoms with Crippen LogP contribution in [0.25, 0.3) is 0 Å². The number of fused-ring (bicyclic) bond motifs is 1. The predicted molar refractivity (Wildman–Crippen MR) is 137 cm³/mol. The minimum atomic E-state index is -0.853. The molecule has 35 heavy (non-hydrogen) atoms. The fraction of sp³-hybridized carbons (Fsp3) is 0.464. The van der Waals surface area contributed by atoms with Crippen LogP contribution >= 0.6 is 0 Å². The number of benzene rings is 2. The van der Waals surface area contributed by atoms with Crippen LogP contribution in [0.3, 0.4) is 0 Å². The van der Waals surface area contributed by atoms with Crippen molar-refractivity contribution in [2.75, 3.05) is 22.9 Å². The quantitative estimate of drug-likeness (QED) is 0.660. The molecule has 0 saturated heterocycles. The van der Waals surface area contributed by atoms with Crippen molar-refractivity contribution in [2.45, 2.75) is 65.0 Å². The molecule has 2 aliphatic rings. The number of anilines is 2. The summed E-state index contributed by atoms with van der Waals surface area (Å²) in [7, 11) is 0. The number of carbonyl (C=O) groups excluding carboxylic acids is 3. The van der Waals surface area contributed by atoms with Crippen LogP contribution in [0.5, 0.6) is 5.75 Å². The Morgan fingerprint density at radius 1 is 0.943 bits per heavy atom. The molecule has 1 aliphatic heterocycles. The summed E-state index contributed by atoms with van der Waals surface area (Å²) in [5.41, 5.74) is 1.04. The first-order chi connectivity index (χ1) is 16.7. The summed E-state index contributed by atoms with van der Waals surface area (Å²) >= 11 is 0. The molecule has 0 bridgehead atoms. The Morgan fingerprint density at radius 2 is 1.57 bits per heavy atom. The molecule has 1 saturated carbocycles. The van der Waals surface area contributed by atoms with E-state index in [0.717, 1.165) is 31.4 Å². The number of nitrogens with zero attached hydrogens (tertiary/aromatic N) is 2. The molecule has 2 amide bonds. The van der Waals surface area contributed by atoms with E-state index in [4.69, 9.17) is 4.74 Å². The normalized spacial score (nSPS) is 19.1. The lowest BCUT2D eigenvalue weighted by Gasteiger charge is -2.37. The summed E-state index contributed by atoms with van der Waals surface area (Å²) < 4.78 is 5.43. The van der Waals surface area contributed by atoms with Crippen molar-refractivity contribution in [3.8, 4) is 5.75 Å². The minimum Gasteiger partial charge on any atom is -0.410 e. The molecule has 1 fully saturated rings. The van der Waals surface area contributed by atoms with Gasteiger partial charge in [-0.1, -0.05) is 70.4 Å². The lowest BCUT2D eigenvalue weighted by atomic mass is 9.90. The van der Waals surface area contributed by atoms with Crippen LogP contribution in [0.4, 0.5) is 16.2 Å². The van der Waals surface area contributed by atoms with Crippen LogP contribution in [-0.4, -0.2) is 43.0 Å². The highest BCUT2D eigenvalue weighted by atomic mass is 16.6. The molecular formula is C28H35N3O4. The van der Waals surface area contributed by atoms with Gasteiger partial charge >= 0.3 is 6.09 Å². The zero-order valence-corrected chi connectivity index (χ0v) is 20.8. The maximum absolute atomic E-state index is 13.9. The van der Waals surface area contributed by atoms with Crippen molar-refractivity contribution in [3.63, 3.8) is 0 Å². The fourth-order valence-electron chi connectivity index (χ4n) is 4.77. The van der Waals surface area contributed by atoms with Gasteiger partial charge in [0.1, 0.15) is 11.8 Å². The average molecular weight is 478 g/mol. The van der Waals surface area contributed by atoms with E-state index < -0.39 is 17.6 Å². The third kappa shape index (κ3) is 5.84. The average Bonchev–Trinajstić information content (AvgIpc) is 2.95. The highest BCUT2D eigenvalue weighted by molar-refractivity contribution is 6.07. The maximum atomic E-state index is 13.9. The molecule has 0 spiro atoms. The van der Waals surface area contributed by atoms with Crippen molar-refractivity contribution in [3.05, 3.63) is 54.6 Å². The van der Waals surface area contributed by atoms with Crippen LogP contribution in [0.15, 0.2) is 54.6 Å². The number of rotatable bonds is 5. The molecule has 1 heterocycles. The number of Topliss-reactive ketones (excluding diaryl/α,β-unsaturated/α-hetero) is 1. The van der Waals surface area contributed by atoms with E-state index >= 15 is 0 Å². The molecule has 0 aromatic heterocycles. The Balaban J connectivity index is 1.67. The Hall–Kier alpha value is -3.35. The number of amides is 2. The Kier molecular flexibility index (Phi) is 7.43. The summed E-state index contributed by atoms with van der Waals surface area (Å²) in [6.45, 7) is 5.83. The maximum Gasteiger partial charge on any atom is 0.413 e. The zero-order chi connectivity index (χ0) is 25.0. The van der Waals surface area contributed by atoms with Gasteiger partial charge in [0.25, 0.3) is 5.91 Å². The molecule has 7 heteroatoms. The van der Waals surface area contributed by atoms with Gasteiger partial charge in [-0.3, -0.25) is 9.59 Å². The standard InChI is InChI=1S/C28H35N3O4/c1-28(2,3)25(32)19-31-24-17-11-10-16-23(24)30(20-12-6-4-7-13-20)18-22(26(31)33)29-27(34)35-21-14-8-5-9-15-21/h5,8-11,14-17,20,22H,4,6-7,12-13,18-19H2,1-3H3,(H,29,34)/t22-/m1/s1. The van der Waals surface area contributed by atoms with Crippen LogP contribution in [-0.2, 0) is 9.59 Å². The first-order valence-electron chi connectivity index (χ1n) is 12.5. The topological polar surface area (TPSA) is 79.0 Å². The number of carbonyl (C=O) groups is 3. The molecule has 186 valence electrons. The second kappa shape index (κ2) is 10.5.